The summed E-state index contributed by atoms with van der Waals surface area (Å²) in [5.41, 5.74) is 0.289. The molecule has 0 aliphatic rings. The molecule has 0 saturated carbocycles. The topological polar surface area (TPSA) is 95.2 Å². The minimum absolute atomic E-state index is 0.194. The molecule has 1 aromatic carbocycles. The molecule has 2 rings (SSSR count). The van der Waals surface area contributed by atoms with Crippen LogP contribution in [0.3, 0.4) is 0 Å². The average molecular weight is 491 g/mol. The zero-order valence-corrected chi connectivity index (χ0v) is 21.9. The van der Waals surface area contributed by atoms with Crippen LogP contribution in [0.25, 0.3) is 0 Å². The summed E-state index contributed by atoms with van der Waals surface area (Å²) in [7, 11) is 1.49. The highest BCUT2D eigenvalue weighted by atomic mass is 32.2. The number of aryl methyl sites for hydroxylation is 1. The first-order valence-electron chi connectivity index (χ1n) is 12.1. The summed E-state index contributed by atoms with van der Waals surface area (Å²) in [4.78, 5) is 37.9. The van der Waals surface area contributed by atoms with Crippen molar-refractivity contribution < 1.29 is 9.53 Å². The van der Waals surface area contributed by atoms with Crippen molar-refractivity contribution >= 4 is 23.5 Å². The number of anilines is 1. The smallest absolute Gasteiger partial charge is 0.347 e. The van der Waals surface area contributed by atoms with E-state index in [1.165, 1.54) is 36.3 Å². The van der Waals surface area contributed by atoms with Crippen LogP contribution in [-0.4, -0.2) is 38.2 Å². The minimum atomic E-state index is -0.663. The molecule has 0 atom stereocenters. The number of esters is 1. The Kier molecular flexibility index (Phi) is 10.9. The number of nitrogens with zero attached hydrogens (tertiary/aromatic N) is 3. The van der Waals surface area contributed by atoms with Gasteiger partial charge < -0.3 is 10.1 Å². The van der Waals surface area contributed by atoms with Crippen molar-refractivity contribution in [1.82, 2.24) is 14.3 Å². The van der Waals surface area contributed by atoms with Crippen LogP contribution in [-0.2, 0) is 29.5 Å². The van der Waals surface area contributed by atoms with Crippen molar-refractivity contribution in [1.29, 1.82) is 0 Å². The molecule has 0 amide bonds. The van der Waals surface area contributed by atoms with E-state index in [-0.39, 0.29) is 17.5 Å². The van der Waals surface area contributed by atoms with E-state index >= 15 is 0 Å². The summed E-state index contributed by atoms with van der Waals surface area (Å²) in [6.45, 7) is 9.05. The molecular formula is C25H38N4O4S. The van der Waals surface area contributed by atoms with Crippen LogP contribution in [0.1, 0.15) is 65.4 Å². The first kappa shape index (κ1) is 27.7. The van der Waals surface area contributed by atoms with Crippen LogP contribution in [0.15, 0.2) is 38.8 Å². The zero-order chi connectivity index (χ0) is 25.1. The number of aromatic nitrogens is 3. The third-order valence-electron chi connectivity index (χ3n) is 5.48. The monoisotopic (exact) mass is 490 g/mol. The van der Waals surface area contributed by atoms with E-state index in [0.29, 0.717) is 26.1 Å². The molecule has 0 radical (unpaired) electrons. The Morgan fingerprint density at radius 1 is 1.09 bits per heavy atom. The molecule has 1 aromatic heterocycles. The number of thioether (sulfide) groups is 1. The van der Waals surface area contributed by atoms with E-state index < -0.39 is 10.3 Å². The van der Waals surface area contributed by atoms with Crippen molar-refractivity contribution in [3.63, 3.8) is 0 Å². The van der Waals surface area contributed by atoms with Gasteiger partial charge in [0.25, 0.3) is 5.56 Å². The predicted molar refractivity (Wildman–Crippen MR) is 138 cm³/mol. The van der Waals surface area contributed by atoms with Crippen LogP contribution < -0.4 is 16.6 Å². The van der Waals surface area contributed by atoms with Crippen LogP contribution in [0, 0.1) is 0 Å². The van der Waals surface area contributed by atoms with Gasteiger partial charge in [-0.3, -0.25) is 14.2 Å². The fraction of sp³-hybridized carbons (Fsp3) is 0.600. The van der Waals surface area contributed by atoms with Crippen molar-refractivity contribution in [2.24, 2.45) is 7.05 Å². The maximum atomic E-state index is 12.5. The molecule has 0 saturated heterocycles. The Morgan fingerprint density at radius 2 is 1.76 bits per heavy atom. The van der Waals surface area contributed by atoms with E-state index in [9.17, 15) is 14.4 Å². The van der Waals surface area contributed by atoms with Gasteiger partial charge in [-0.1, -0.05) is 44.7 Å². The SMILES string of the molecule is CCCCCCCn1nc(NCCc2ccc(SC(C)(C)C(=O)OCC)cc2)c(=O)n(C)c1=O. The van der Waals surface area contributed by atoms with Gasteiger partial charge in [0, 0.05) is 25.0 Å². The van der Waals surface area contributed by atoms with Crippen LogP contribution in [0.5, 0.6) is 0 Å². The Balaban J connectivity index is 1.95. The van der Waals surface area contributed by atoms with Gasteiger partial charge in [-0.05, 0) is 51.3 Å². The normalized spacial score (nSPS) is 11.4. The van der Waals surface area contributed by atoms with Crippen molar-refractivity contribution in [2.75, 3.05) is 18.5 Å². The first-order chi connectivity index (χ1) is 16.2. The molecule has 1 N–H and O–H groups in total. The Bertz CT molecular complexity index is 1040. The van der Waals surface area contributed by atoms with Gasteiger partial charge in [0.1, 0.15) is 4.75 Å². The summed E-state index contributed by atoms with van der Waals surface area (Å²) in [6.07, 6.45) is 6.08. The van der Waals surface area contributed by atoms with Gasteiger partial charge in [-0.15, -0.1) is 16.9 Å². The maximum absolute atomic E-state index is 12.5. The number of ether oxygens (including phenoxy) is 1. The van der Waals surface area contributed by atoms with E-state index in [0.717, 1.165) is 34.3 Å². The molecule has 2 aromatic rings. The number of carbonyl (C=O) groups is 1. The Labute approximate surface area is 206 Å². The third-order valence-corrected chi connectivity index (χ3v) is 6.66. The highest BCUT2D eigenvalue weighted by Gasteiger charge is 2.30. The average Bonchev–Trinajstić information content (AvgIpc) is 2.81. The highest BCUT2D eigenvalue weighted by molar-refractivity contribution is 8.01. The van der Waals surface area contributed by atoms with Gasteiger partial charge in [-0.2, -0.15) is 0 Å². The summed E-state index contributed by atoms with van der Waals surface area (Å²) >= 11 is 1.46. The maximum Gasteiger partial charge on any atom is 0.347 e. The van der Waals surface area contributed by atoms with E-state index in [4.69, 9.17) is 4.74 Å². The van der Waals surface area contributed by atoms with Crippen molar-refractivity contribution in [3.05, 3.63) is 50.7 Å². The lowest BCUT2D eigenvalue weighted by Gasteiger charge is -2.21. The molecule has 0 spiro atoms. The molecule has 0 bridgehead atoms. The Hall–Kier alpha value is -2.55. The van der Waals surface area contributed by atoms with Gasteiger partial charge in [0.15, 0.2) is 0 Å². The molecule has 0 fully saturated rings. The molecule has 0 aliphatic carbocycles. The van der Waals surface area contributed by atoms with Gasteiger partial charge in [0.2, 0.25) is 5.82 Å². The first-order valence-corrected chi connectivity index (χ1v) is 12.9. The molecule has 0 unspecified atom stereocenters. The van der Waals surface area contributed by atoms with Crippen LogP contribution in [0.4, 0.5) is 5.82 Å². The molecule has 9 heteroatoms. The predicted octanol–water partition coefficient (Wildman–Crippen LogP) is 4.00. The standard InChI is InChI=1S/C25H38N4O4S/c1-6-8-9-10-11-18-29-24(32)28(5)22(30)21(27-29)26-17-16-19-12-14-20(15-13-19)34-25(3,4)23(31)33-7-2/h12-15H,6-11,16-18H2,1-5H3,(H,26,27). The number of hydrogen-bond acceptors (Lipinski definition) is 7. The molecule has 0 aliphatic heterocycles. The number of hydrogen-bond donors (Lipinski definition) is 1. The van der Waals surface area contributed by atoms with E-state index in [2.05, 4.69) is 17.3 Å². The number of carbonyl (C=O) groups excluding carboxylic acids is 1. The van der Waals surface area contributed by atoms with Gasteiger partial charge in [-0.25, -0.2) is 9.48 Å². The third kappa shape index (κ3) is 8.04. The lowest BCUT2D eigenvalue weighted by molar-refractivity contribution is -0.145. The second kappa shape index (κ2) is 13.4. The number of unbranched alkanes of at least 4 members (excludes halogenated alkanes) is 4. The largest absolute Gasteiger partial charge is 0.465 e. The van der Waals surface area contributed by atoms with E-state index in [1.54, 1.807) is 6.92 Å². The lowest BCUT2D eigenvalue weighted by atomic mass is 10.1. The highest BCUT2D eigenvalue weighted by Crippen LogP contribution is 2.33. The summed E-state index contributed by atoms with van der Waals surface area (Å²) in [5, 5.41) is 7.37. The second-order valence-corrected chi connectivity index (χ2v) is 10.5. The number of nitrogens with one attached hydrogen (secondary N) is 1. The van der Waals surface area contributed by atoms with Gasteiger partial charge >= 0.3 is 11.7 Å². The summed E-state index contributed by atoms with van der Waals surface area (Å²) in [6, 6.07) is 7.98. The van der Waals surface area contributed by atoms with Gasteiger partial charge in [0.05, 0.1) is 6.61 Å². The van der Waals surface area contributed by atoms with Crippen LogP contribution in [0.2, 0.25) is 0 Å². The van der Waals surface area contributed by atoms with Crippen molar-refractivity contribution in [2.45, 2.75) is 82.4 Å². The minimum Gasteiger partial charge on any atom is -0.465 e. The molecule has 188 valence electrons. The molecule has 8 nitrogen and oxygen atoms in total. The summed E-state index contributed by atoms with van der Waals surface area (Å²) < 4.78 is 6.98. The van der Waals surface area contributed by atoms with Crippen LogP contribution >= 0.6 is 11.8 Å². The molecule has 1 heterocycles. The number of rotatable bonds is 14. The molecule has 34 heavy (non-hydrogen) atoms. The van der Waals surface area contributed by atoms with E-state index in [1.807, 2.05) is 38.1 Å². The lowest BCUT2D eigenvalue weighted by Crippen LogP contribution is -2.41. The quantitative estimate of drug-likeness (QED) is 0.243. The zero-order valence-electron chi connectivity index (χ0n) is 21.1. The van der Waals surface area contributed by atoms with Crippen molar-refractivity contribution in [3.8, 4) is 0 Å². The molecular weight excluding hydrogens is 452 g/mol. The fourth-order valence-electron chi connectivity index (χ4n) is 3.44. The fourth-order valence-corrected chi connectivity index (χ4v) is 4.44. The summed E-state index contributed by atoms with van der Waals surface area (Å²) in [5.74, 6) is -0.0383. The number of benzene rings is 1. The second-order valence-electron chi connectivity index (χ2n) is 8.79. The Morgan fingerprint density at radius 3 is 2.41 bits per heavy atom.